The van der Waals surface area contributed by atoms with Crippen LogP contribution in [0.2, 0.25) is 0 Å². The summed E-state index contributed by atoms with van der Waals surface area (Å²) in [5, 5.41) is 11.3. The summed E-state index contributed by atoms with van der Waals surface area (Å²) in [4.78, 5) is 13.3. The number of H-pyrrole nitrogens is 1. The van der Waals surface area contributed by atoms with E-state index in [-0.39, 0.29) is 5.84 Å². The molecule has 0 aliphatic rings. The normalized spacial score (nSPS) is 12.1. The first-order valence-corrected chi connectivity index (χ1v) is 3.81. The van der Waals surface area contributed by atoms with Crippen LogP contribution in [0.25, 0.3) is 11.1 Å². The molecule has 1 heterocycles. The fourth-order valence-corrected chi connectivity index (χ4v) is 1.16. The van der Waals surface area contributed by atoms with Gasteiger partial charge in [-0.2, -0.15) is 0 Å². The topological polar surface area (TPSA) is 105 Å². The lowest BCUT2D eigenvalue weighted by Gasteiger charge is -1.96. The number of aromatic nitrogens is 1. The molecule has 0 atom stereocenters. The Kier molecular flexibility index (Phi) is 1.74. The zero-order valence-electron chi connectivity index (χ0n) is 7.02. The third-order valence-corrected chi connectivity index (χ3v) is 1.82. The van der Waals surface area contributed by atoms with Crippen LogP contribution < -0.4 is 11.5 Å². The number of nitrogens with zero attached hydrogens (tertiary/aromatic N) is 1. The fourth-order valence-electron chi connectivity index (χ4n) is 1.16. The third-order valence-electron chi connectivity index (χ3n) is 1.82. The summed E-state index contributed by atoms with van der Waals surface area (Å²) in [5.41, 5.74) is 6.80. The van der Waals surface area contributed by atoms with Gasteiger partial charge in [-0.1, -0.05) is 5.16 Å². The fraction of sp³-hybridized carbons (Fsp3) is 0. The number of hydrogen-bond donors (Lipinski definition) is 3. The van der Waals surface area contributed by atoms with E-state index in [1.165, 1.54) is 6.07 Å². The molecule has 0 saturated heterocycles. The number of amidine groups is 1. The molecular weight excluding hydrogens is 186 g/mol. The average molecular weight is 193 g/mol. The van der Waals surface area contributed by atoms with E-state index in [9.17, 15) is 4.79 Å². The number of oxazole rings is 1. The second kappa shape index (κ2) is 2.91. The van der Waals surface area contributed by atoms with Gasteiger partial charge < -0.3 is 15.4 Å². The van der Waals surface area contributed by atoms with E-state index < -0.39 is 5.76 Å². The lowest BCUT2D eigenvalue weighted by Crippen LogP contribution is -2.12. The van der Waals surface area contributed by atoms with Crippen molar-refractivity contribution in [2.75, 3.05) is 0 Å². The lowest BCUT2D eigenvalue weighted by atomic mass is 10.2. The molecule has 0 aliphatic carbocycles. The zero-order chi connectivity index (χ0) is 10.1. The van der Waals surface area contributed by atoms with Crippen molar-refractivity contribution < 1.29 is 9.62 Å². The first-order valence-electron chi connectivity index (χ1n) is 3.81. The van der Waals surface area contributed by atoms with E-state index in [0.29, 0.717) is 16.7 Å². The van der Waals surface area contributed by atoms with E-state index in [2.05, 4.69) is 10.1 Å². The van der Waals surface area contributed by atoms with Crippen molar-refractivity contribution in [1.82, 2.24) is 4.98 Å². The molecule has 14 heavy (non-hydrogen) atoms. The van der Waals surface area contributed by atoms with Crippen LogP contribution in [-0.4, -0.2) is 16.0 Å². The highest BCUT2D eigenvalue weighted by Crippen LogP contribution is 2.11. The molecule has 6 heteroatoms. The van der Waals surface area contributed by atoms with Crippen LogP contribution in [0.1, 0.15) is 5.56 Å². The number of benzene rings is 1. The first-order chi connectivity index (χ1) is 6.70. The summed E-state index contributed by atoms with van der Waals surface area (Å²) in [5.74, 6) is -0.563. The standard InChI is InChI=1S/C8H7N3O3/c9-7(11-13)4-1-2-5-6(3-4)14-8(12)10-5/h1-3,13H,(H2,9,11)(H,10,12). The SMILES string of the molecule is N/C(=N\O)c1ccc2[nH]c(=O)oc2c1. The van der Waals surface area contributed by atoms with E-state index >= 15 is 0 Å². The number of nitrogens with one attached hydrogen (secondary N) is 1. The van der Waals surface area contributed by atoms with Crippen LogP contribution >= 0.6 is 0 Å². The van der Waals surface area contributed by atoms with Gasteiger partial charge in [-0.3, -0.25) is 4.98 Å². The summed E-state index contributed by atoms with van der Waals surface area (Å²) in [6, 6.07) is 4.75. The maximum Gasteiger partial charge on any atom is 0.417 e. The summed E-state index contributed by atoms with van der Waals surface area (Å²) >= 11 is 0. The Morgan fingerprint density at radius 2 is 2.36 bits per heavy atom. The van der Waals surface area contributed by atoms with Gasteiger partial charge in [0.15, 0.2) is 11.4 Å². The summed E-state index contributed by atoms with van der Waals surface area (Å²) in [7, 11) is 0. The average Bonchev–Trinajstić information content (AvgIpc) is 2.55. The molecule has 0 spiro atoms. The number of rotatable bonds is 1. The summed E-state index contributed by atoms with van der Waals surface area (Å²) < 4.78 is 4.80. The van der Waals surface area contributed by atoms with Gasteiger partial charge in [-0.05, 0) is 18.2 Å². The molecule has 0 aliphatic heterocycles. The maximum atomic E-state index is 10.8. The van der Waals surface area contributed by atoms with Crippen molar-refractivity contribution >= 4 is 16.9 Å². The molecule has 6 nitrogen and oxygen atoms in total. The molecule has 0 fully saturated rings. The first kappa shape index (κ1) is 8.36. The molecule has 2 aromatic rings. The van der Waals surface area contributed by atoms with Crippen molar-refractivity contribution in [3.8, 4) is 0 Å². The van der Waals surface area contributed by atoms with Crippen LogP contribution in [0.3, 0.4) is 0 Å². The van der Waals surface area contributed by atoms with Crippen LogP contribution in [-0.2, 0) is 0 Å². The Bertz CT molecular complexity index is 552. The monoisotopic (exact) mass is 193 g/mol. The van der Waals surface area contributed by atoms with Gasteiger partial charge in [0.2, 0.25) is 0 Å². The van der Waals surface area contributed by atoms with Crippen LogP contribution in [0, 0.1) is 0 Å². The highest BCUT2D eigenvalue weighted by atomic mass is 16.4. The van der Waals surface area contributed by atoms with Crippen molar-refractivity contribution in [1.29, 1.82) is 0 Å². The second-order valence-corrected chi connectivity index (χ2v) is 2.71. The van der Waals surface area contributed by atoms with E-state index in [1.807, 2.05) is 0 Å². The highest BCUT2D eigenvalue weighted by molar-refractivity contribution is 5.99. The number of hydrogen-bond acceptors (Lipinski definition) is 4. The molecule has 72 valence electrons. The van der Waals surface area contributed by atoms with Crippen molar-refractivity contribution in [3.05, 3.63) is 34.3 Å². The molecule has 2 rings (SSSR count). The summed E-state index contributed by atoms with van der Waals surface area (Å²) in [6.07, 6.45) is 0. The summed E-state index contributed by atoms with van der Waals surface area (Å²) in [6.45, 7) is 0. The van der Waals surface area contributed by atoms with Crippen molar-refractivity contribution in [2.45, 2.75) is 0 Å². The van der Waals surface area contributed by atoms with Gasteiger partial charge in [0, 0.05) is 5.56 Å². The quantitative estimate of drug-likeness (QED) is 0.260. The minimum atomic E-state index is -0.531. The number of nitrogens with two attached hydrogens (primary N) is 1. The van der Waals surface area contributed by atoms with Crippen LogP contribution in [0.5, 0.6) is 0 Å². The smallest absolute Gasteiger partial charge is 0.409 e. The van der Waals surface area contributed by atoms with Gasteiger partial charge in [-0.15, -0.1) is 0 Å². The number of oxime groups is 1. The van der Waals surface area contributed by atoms with E-state index in [0.717, 1.165) is 0 Å². The molecule has 1 aromatic carbocycles. The Morgan fingerprint density at radius 3 is 3.07 bits per heavy atom. The third kappa shape index (κ3) is 1.22. The lowest BCUT2D eigenvalue weighted by molar-refractivity contribution is 0.318. The Balaban J connectivity index is 2.67. The van der Waals surface area contributed by atoms with Crippen molar-refractivity contribution in [2.24, 2.45) is 10.9 Å². The van der Waals surface area contributed by atoms with Gasteiger partial charge in [-0.25, -0.2) is 4.79 Å². The van der Waals surface area contributed by atoms with Crippen LogP contribution in [0.4, 0.5) is 0 Å². The molecule has 0 unspecified atom stereocenters. The molecule has 0 radical (unpaired) electrons. The predicted molar refractivity (Wildman–Crippen MR) is 49.3 cm³/mol. The van der Waals surface area contributed by atoms with E-state index in [4.69, 9.17) is 15.4 Å². The largest absolute Gasteiger partial charge is 0.417 e. The van der Waals surface area contributed by atoms with Gasteiger partial charge >= 0.3 is 5.76 Å². The van der Waals surface area contributed by atoms with Gasteiger partial charge in [0.05, 0.1) is 5.52 Å². The predicted octanol–water partition coefficient (Wildman–Crippen LogP) is 0.216. The Labute approximate surface area is 77.6 Å². The highest BCUT2D eigenvalue weighted by Gasteiger charge is 2.04. The molecule has 0 bridgehead atoms. The van der Waals surface area contributed by atoms with Gasteiger partial charge in [0.1, 0.15) is 0 Å². The number of fused-ring (bicyclic) bond motifs is 1. The second-order valence-electron chi connectivity index (χ2n) is 2.71. The molecular formula is C8H7N3O3. The van der Waals surface area contributed by atoms with E-state index in [1.54, 1.807) is 12.1 Å². The minimum Gasteiger partial charge on any atom is -0.409 e. The number of aromatic amines is 1. The zero-order valence-corrected chi connectivity index (χ0v) is 7.02. The molecule has 0 saturated carbocycles. The van der Waals surface area contributed by atoms with Crippen LogP contribution in [0.15, 0.2) is 32.6 Å². The molecule has 0 amide bonds. The molecule has 4 N–H and O–H groups in total. The van der Waals surface area contributed by atoms with Crippen molar-refractivity contribution in [3.63, 3.8) is 0 Å². The minimum absolute atomic E-state index is 0.0317. The van der Waals surface area contributed by atoms with Gasteiger partial charge in [0.25, 0.3) is 0 Å². The molecule has 1 aromatic heterocycles. The maximum absolute atomic E-state index is 10.8. The Hall–Kier alpha value is -2.24. The Morgan fingerprint density at radius 1 is 1.57 bits per heavy atom.